The molecule has 0 N–H and O–H groups in total. The van der Waals surface area contributed by atoms with Crippen LogP contribution in [0.2, 0.25) is 10.0 Å². The summed E-state index contributed by atoms with van der Waals surface area (Å²) in [7, 11) is -1.05. The minimum atomic E-state index is -4.25. The van der Waals surface area contributed by atoms with Crippen LogP contribution >= 0.6 is 23.2 Å². The Hall–Kier alpha value is -2.09. The fourth-order valence-electron chi connectivity index (χ4n) is 2.76. The van der Waals surface area contributed by atoms with Crippen molar-refractivity contribution in [1.29, 1.82) is 0 Å². The number of Topliss-reactive ketones (excluding diaryl/α,β-unsaturated/α-hetero) is 1. The molecule has 2 aromatic carbocycles. The summed E-state index contributed by atoms with van der Waals surface area (Å²) in [6, 6.07) is 8.41. The smallest absolute Gasteiger partial charge is 0.270 e. The first kappa shape index (κ1) is 19.7. The molecule has 0 spiro atoms. The van der Waals surface area contributed by atoms with Gasteiger partial charge in [-0.1, -0.05) is 29.3 Å². The molecule has 2 aromatic rings. The molecule has 142 valence electrons. The van der Waals surface area contributed by atoms with Gasteiger partial charge in [0.1, 0.15) is 5.82 Å². The molecular formula is C18H15Cl2FN2O3S. The molecule has 1 aliphatic rings. The standard InChI is InChI=1S/C18H15Cl2FN2O3S/c1-22(2)10-17-18(24)12-7-6-11(19)8-16(12)23(27(17,25)26)9-13-14(20)4-3-5-15(13)21/h3-8,10H,9H2,1-2H3. The van der Waals surface area contributed by atoms with Gasteiger partial charge in [0.2, 0.25) is 5.78 Å². The predicted molar refractivity (Wildman–Crippen MR) is 104 cm³/mol. The number of sulfonamides is 1. The number of halogens is 3. The number of rotatable bonds is 3. The van der Waals surface area contributed by atoms with E-state index in [2.05, 4.69) is 0 Å². The molecule has 0 radical (unpaired) electrons. The molecule has 1 heterocycles. The number of hydrogen-bond donors (Lipinski definition) is 0. The molecule has 0 amide bonds. The van der Waals surface area contributed by atoms with E-state index in [-0.39, 0.29) is 33.4 Å². The van der Waals surface area contributed by atoms with E-state index >= 15 is 0 Å². The van der Waals surface area contributed by atoms with Gasteiger partial charge in [-0.15, -0.1) is 0 Å². The quantitative estimate of drug-likeness (QED) is 0.691. The van der Waals surface area contributed by atoms with Crippen LogP contribution in [0, 0.1) is 5.82 Å². The van der Waals surface area contributed by atoms with Crippen molar-refractivity contribution in [3.05, 3.63) is 74.5 Å². The molecule has 0 bridgehead atoms. The van der Waals surface area contributed by atoms with Crippen molar-refractivity contribution in [1.82, 2.24) is 4.90 Å². The number of anilines is 1. The number of hydrogen-bond acceptors (Lipinski definition) is 4. The Morgan fingerprint density at radius 3 is 2.52 bits per heavy atom. The maximum absolute atomic E-state index is 14.3. The summed E-state index contributed by atoms with van der Waals surface area (Å²) < 4.78 is 41.6. The van der Waals surface area contributed by atoms with E-state index in [0.717, 1.165) is 4.31 Å². The first-order valence-corrected chi connectivity index (χ1v) is 10.0. The van der Waals surface area contributed by atoms with Crippen LogP contribution in [-0.2, 0) is 16.6 Å². The molecule has 0 unspecified atom stereocenters. The number of nitrogens with zero attached hydrogens (tertiary/aromatic N) is 2. The third kappa shape index (κ3) is 3.54. The SMILES string of the molecule is CN(C)C=C1C(=O)c2ccc(Cl)cc2N(Cc2c(F)cccc2Cl)S1(=O)=O. The van der Waals surface area contributed by atoms with Crippen LogP contribution in [0.5, 0.6) is 0 Å². The van der Waals surface area contributed by atoms with Gasteiger partial charge in [-0.3, -0.25) is 9.10 Å². The highest BCUT2D eigenvalue weighted by atomic mass is 35.5. The van der Waals surface area contributed by atoms with Crippen LogP contribution in [0.4, 0.5) is 10.1 Å². The van der Waals surface area contributed by atoms with Crippen LogP contribution in [0.3, 0.4) is 0 Å². The monoisotopic (exact) mass is 428 g/mol. The minimum absolute atomic E-state index is 0.00668. The van der Waals surface area contributed by atoms with Crippen LogP contribution in [0.15, 0.2) is 47.5 Å². The van der Waals surface area contributed by atoms with Crippen LogP contribution in [0.25, 0.3) is 0 Å². The molecule has 9 heteroatoms. The first-order chi connectivity index (χ1) is 12.6. The second-order valence-electron chi connectivity index (χ2n) is 6.16. The highest BCUT2D eigenvalue weighted by molar-refractivity contribution is 7.97. The fraction of sp³-hybridized carbons (Fsp3) is 0.167. The van der Waals surface area contributed by atoms with Gasteiger partial charge in [0, 0.05) is 41.5 Å². The Kier molecular flexibility index (Phi) is 5.20. The summed E-state index contributed by atoms with van der Waals surface area (Å²) in [5.41, 5.74) is 0.254. The number of carbonyl (C=O) groups is 1. The van der Waals surface area contributed by atoms with E-state index in [1.807, 2.05) is 0 Å². The first-order valence-electron chi connectivity index (χ1n) is 7.81. The maximum Gasteiger partial charge on any atom is 0.270 e. The van der Waals surface area contributed by atoms with Gasteiger partial charge in [-0.2, -0.15) is 0 Å². The highest BCUT2D eigenvalue weighted by Gasteiger charge is 2.41. The van der Waals surface area contributed by atoms with E-state index in [9.17, 15) is 17.6 Å². The summed E-state index contributed by atoms with van der Waals surface area (Å²) in [6.45, 7) is -0.376. The van der Waals surface area contributed by atoms with Crippen LogP contribution in [0.1, 0.15) is 15.9 Å². The molecule has 0 saturated carbocycles. The molecule has 0 aliphatic carbocycles. The van der Waals surface area contributed by atoms with E-state index < -0.39 is 26.5 Å². The lowest BCUT2D eigenvalue weighted by Gasteiger charge is -2.32. The summed E-state index contributed by atoms with van der Waals surface area (Å²) in [5, 5.41) is 0.338. The topological polar surface area (TPSA) is 57.7 Å². The molecule has 3 rings (SSSR count). The number of fused-ring (bicyclic) bond motifs is 1. The van der Waals surface area contributed by atoms with Gasteiger partial charge in [0.05, 0.1) is 12.2 Å². The Morgan fingerprint density at radius 2 is 1.89 bits per heavy atom. The van der Waals surface area contributed by atoms with Gasteiger partial charge >= 0.3 is 0 Å². The summed E-state index contributed by atoms with van der Waals surface area (Å²) >= 11 is 12.1. The minimum Gasteiger partial charge on any atom is -0.382 e. The zero-order valence-electron chi connectivity index (χ0n) is 14.4. The largest absolute Gasteiger partial charge is 0.382 e. The van der Waals surface area contributed by atoms with Gasteiger partial charge < -0.3 is 4.90 Å². The lowest BCUT2D eigenvalue weighted by molar-refractivity contribution is 0.104. The van der Waals surface area contributed by atoms with Crippen LogP contribution in [-0.4, -0.2) is 33.2 Å². The van der Waals surface area contributed by atoms with Crippen molar-refractivity contribution in [2.75, 3.05) is 18.4 Å². The summed E-state index contributed by atoms with van der Waals surface area (Å²) in [4.78, 5) is 13.8. The number of carbonyl (C=O) groups excluding carboxylic acids is 1. The van der Waals surface area contributed by atoms with E-state index in [1.54, 1.807) is 14.1 Å². The Balaban J connectivity index is 2.26. The Labute approximate surface area is 166 Å². The number of benzene rings is 2. The van der Waals surface area contributed by atoms with Crippen molar-refractivity contribution in [2.45, 2.75) is 6.54 Å². The van der Waals surface area contributed by atoms with E-state index in [0.29, 0.717) is 0 Å². The zero-order valence-corrected chi connectivity index (χ0v) is 16.7. The van der Waals surface area contributed by atoms with Gasteiger partial charge in [-0.05, 0) is 30.3 Å². The molecule has 0 saturated heterocycles. The van der Waals surface area contributed by atoms with Gasteiger partial charge in [0.25, 0.3) is 10.0 Å². The summed E-state index contributed by atoms with van der Waals surface area (Å²) in [6.07, 6.45) is 1.23. The molecule has 0 aromatic heterocycles. The van der Waals surface area contributed by atoms with Crippen molar-refractivity contribution < 1.29 is 17.6 Å². The zero-order chi connectivity index (χ0) is 19.9. The molecule has 0 fully saturated rings. The Bertz CT molecular complexity index is 1050. The maximum atomic E-state index is 14.3. The van der Waals surface area contributed by atoms with Gasteiger partial charge in [-0.25, -0.2) is 12.8 Å². The molecule has 27 heavy (non-hydrogen) atoms. The second-order valence-corrected chi connectivity index (χ2v) is 8.83. The second kappa shape index (κ2) is 7.14. The van der Waals surface area contributed by atoms with Crippen molar-refractivity contribution in [2.24, 2.45) is 0 Å². The fourth-order valence-corrected chi connectivity index (χ4v) is 4.78. The predicted octanol–water partition coefficient (Wildman–Crippen LogP) is 4.07. The Morgan fingerprint density at radius 1 is 1.19 bits per heavy atom. The van der Waals surface area contributed by atoms with Crippen molar-refractivity contribution >= 4 is 44.7 Å². The number of ketones is 1. The van der Waals surface area contributed by atoms with E-state index in [1.165, 1.54) is 47.5 Å². The van der Waals surface area contributed by atoms with Crippen LogP contribution < -0.4 is 4.31 Å². The third-order valence-corrected chi connectivity index (χ3v) is 6.35. The van der Waals surface area contributed by atoms with Crippen molar-refractivity contribution in [3.63, 3.8) is 0 Å². The summed E-state index contributed by atoms with van der Waals surface area (Å²) in [5.74, 6) is -1.29. The lowest BCUT2D eigenvalue weighted by Crippen LogP contribution is -2.39. The number of allylic oxidation sites excluding steroid dienone is 1. The average Bonchev–Trinajstić information content (AvgIpc) is 2.57. The van der Waals surface area contributed by atoms with Gasteiger partial charge in [0.15, 0.2) is 4.91 Å². The molecule has 0 atom stereocenters. The highest BCUT2D eigenvalue weighted by Crippen LogP contribution is 2.38. The normalized spacial score (nSPS) is 17.1. The molecular weight excluding hydrogens is 414 g/mol. The van der Waals surface area contributed by atoms with Crippen molar-refractivity contribution in [3.8, 4) is 0 Å². The lowest BCUT2D eigenvalue weighted by atomic mass is 10.1. The third-order valence-electron chi connectivity index (χ3n) is 4.00. The average molecular weight is 429 g/mol. The molecule has 5 nitrogen and oxygen atoms in total. The molecule has 1 aliphatic heterocycles. The van der Waals surface area contributed by atoms with E-state index in [4.69, 9.17) is 23.2 Å².